The standard InChI is InChI=1S/C14H16ClF2NO2/c15-10-7-11(17)12(8-13(10)19-6-3-16)18-4-1-14(2-5-18)9-20-14/h7-8H,1-6,9H2. The first-order valence-electron chi connectivity index (χ1n) is 6.70. The van der Waals surface area contributed by atoms with Crippen molar-refractivity contribution in [2.75, 3.05) is 37.9 Å². The third-order valence-corrected chi connectivity index (χ3v) is 4.20. The van der Waals surface area contributed by atoms with Crippen molar-refractivity contribution in [3.8, 4) is 5.75 Å². The van der Waals surface area contributed by atoms with Crippen molar-refractivity contribution >= 4 is 17.3 Å². The summed E-state index contributed by atoms with van der Waals surface area (Å²) in [4.78, 5) is 1.96. The highest BCUT2D eigenvalue weighted by atomic mass is 35.5. The summed E-state index contributed by atoms with van der Waals surface area (Å²) in [6, 6.07) is 2.78. The Kier molecular flexibility index (Phi) is 3.73. The van der Waals surface area contributed by atoms with E-state index in [-0.39, 0.29) is 23.0 Å². The van der Waals surface area contributed by atoms with Crippen molar-refractivity contribution in [1.29, 1.82) is 0 Å². The van der Waals surface area contributed by atoms with Gasteiger partial charge in [-0.05, 0) is 18.9 Å². The number of epoxide rings is 1. The largest absolute Gasteiger partial charge is 0.489 e. The normalized spacial score (nSPS) is 20.2. The Morgan fingerprint density at radius 3 is 2.65 bits per heavy atom. The van der Waals surface area contributed by atoms with Gasteiger partial charge in [-0.15, -0.1) is 0 Å². The van der Waals surface area contributed by atoms with E-state index < -0.39 is 6.67 Å². The smallest absolute Gasteiger partial charge is 0.148 e. The second-order valence-electron chi connectivity index (χ2n) is 5.23. The number of nitrogens with zero attached hydrogens (tertiary/aromatic N) is 1. The van der Waals surface area contributed by atoms with Crippen LogP contribution in [0.1, 0.15) is 12.8 Å². The molecule has 2 aliphatic rings. The Bertz CT molecular complexity index is 498. The van der Waals surface area contributed by atoms with Gasteiger partial charge < -0.3 is 14.4 Å². The second-order valence-corrected chi connectivity index (χ2v) is 5.64. The lowest BCUT2D eigenvalue weighted by Crippen LogP contribution is -2.38. The molecule has 3 rings (SSSR count). The van der Waals surface area contributed by atoms with Crippen LogP contribution < -0.4 is 9.64 Å². The highest BCUT2D eigenvalue weighted by molar-refractivity contribution is 6.32. The van der Waals surface area contributed by atoms with E-state index in [1.54, 1.807) is 6.07 Å². The van der Waals surface area contributed by atoms with Gasteiger partial charge in [-0.25, -0.2) is 8.78 Å². The molecule has 1 aromatic carbocycles. The highest BCUT2D eigenvalue weighted by Gasteiger charge is 2.46. The number of piperidine rings is 1. The topological polar surface area (TPSA) is 25.0 Å². The summed E-state index contributed by atoms with van der Waals surface area (Å²) in [7, 11) is 0. The molecule has 0 radical (unpaired) electrons. The number of alkyl halides is 1. The van der Waals surface area contributed by atoms with Crippen LogP contribution in [0.25, 0.3) is 0 Å². The van der Waals surface area contributed by atoms with Crippen LogP contribution in [0.15, 0.2) is 12.1 Å². The van der Waals surface area contributed by atoms with Crippen LogP contribution in [0, 0.1) is 5.82 Å². The van der Waals surface area contributed by atoms with Gasteiger partial charge in [-0.1, -0.05) is 11.6 Å². The van der Waals surface area contributed by atoms with Crippen molar-refractivity contribution < 1.29 is 18.3 Å². The minimum absolute atomic E-state index is 0.0486. The maximum atomic E-state index is 14.1. The van der Waals surface area contributed by atoms with Crippen molar-refractivity contribution in [1.82, 2.24) is 0 Å². The van der Waals surface area contributed by atoms with Crippen LogP contribution >= 0.6 is 11.6 Å². The lowest BCUT2D eigenvalue weighted by Gasteiger charge is -2.32. The molecule has 2 saturated heterocycles. The van der Waals surface area contributed by atoms with Crippen LogP contribution in [0.5, 0.6) is 5.75 Å². The SMILES string of the molecule is FCCOc1cc(N2CCC3(CC2)CO3)c(F)cc1Cl. The van der Waals surface area contributed by atoms with Gasteiger partial charge >= 0.3 is 0 Å². The molecule has 110 valence electrons. The fourth-order valence-corrected chi connectivity index (χ4v) is 2.77. The minimum atomic E-state index is -0.605. The molecule has 0 atom stereocenters. The summed E-state index contributed by atoms with van der Waals surface area (Å²) in [5.41, 5.74) is 0.506. The van der Waals surface area contributed by atoms with Gasteiger partial charge in [0.25, 0.3) is 0 Å². The second kappa shape index (κ2) is 5.37. The molecule has 1 spiro atoms. The monoisotopic (exact) mass is 303 g/mol. The van der Waals surface area contributed by atoms with Crippen molar-refractivity contribution in [2.45, 2.75) is 18.4 Å². The third kappa shape index (κ3) is 2.69. The molecule has 0 amide bonds. The van der Waals surface area contributed by atoms with Gasteiger partial charge in [0.2, 0.25) is 0 Å². The van der Waals surface area contributed by atoms with E-state index in [0.717, 1.165) is 32.5 Å². The predicted molar refractivity (Wildman–Crippen MR) is 73.0 cm³/mol. The molecule has 6 heteroatoms. The average Bonchev–Trinajstić information content (AvgIpc) is 3.19. The first-order valence-corrected chi connectivity index (χ1v) is 7.08. The van der Waals surface area contributed by atoms with E-state index >= 15 is 0 Å². The first kappa shape index (κ1) is 13.9. The summed E-state index contributed by atoms with van der Waals surface area (Å²) in [5.74, 6) is -0.0565. The molecular formula is C14H16ClF2NO2. The Hall–Kier alpha value is -1.07. The molecule has 0 saturated carbocycles. The highest BCUT2D eigenvalue weighted by Crippen LogP contribution is 2.40. The number of hydrogen-bond donors (Lipinski definition) is 0. The van der Waals surface area contributed by atoms with Gasteiger partial charge in [0.1, 0.15) is 24.8 Å². The Balaban J connectivity index is 1.77. The van der Waals surface area contributed by atoms with E-state index in [1.807, 2.05) is 4.90 Å². The van der Waals surface area contributed by atoms with Gasteiger partial charge in [0.15, 0.2) is 0 Å². The molecule has 0 aromatic heterocycles. The Morgan fingerprint density at radius 1 is 1.35 bits per heavy atom. The van der Waals surface area contributed by atoms with Gasteiger partial charge in [0.05, 0.1) is 22.9 Å². The first-order chi connectivity index (χ1) is 9.63. The fourth-order valence-electron chi connectivity index (χ4n) is 2.57. The number of halogens is 3. The summed E-state index contributed by atoms with van der Waals surface area (Å²) in [5, 5.41) is 0.165. The summed E-state index contributed by atoms with van der Waals surface area (Å²) < 4.78 is 36.9. The zero-order valence-electron chi connectivity index (χ0n) is 11.0. The third-order valence-electron chi connectivity index (χ3n) is 3.90. The van der Waals surface area contributed by atoms with E-state index in [1.165, 1.54) is 6.07 Å². The molecule has 2 heterocycles. The molecule has 0 unspecified atom stereocenters. The Labute approximate surface area is 121 Å². The van der Waals surface area contributed by atoms with Gasteiger partial charge in [0, 0.05) is 19.2 Å². The maximum Gasteiger partial charge on any atom is 0.148 e. The van der Waals surface area contributed by atoms with Gasteiger partial charge in [-0.3, -0.25) is 0 Å². The lowest BCUT2D eigenvalue weighted by atomic mass is 9.97. The fraction of sp³-hybridized carbons (Fsp3) is 0.571. The van der Waals surface area contributed by atoms with Crippen molar-refractivity contribution in [2.24, 2.45) is 0 Å². The minimum Gasteiger partial charge on any atom is -0.489 e. The molecular weight excluding hydrogens is 288 g/mol. The number of anilines is 1. The van der Waals surface area contributed by atoms with E-state index in [0.29, 0.717) is 11.4 Å². The average molecular weight is 304 g/mol. The van der Waals surface area contributed by atoms with E-state index in [4.69, 9.17) is 21.1 Å². The lowest BCUT2D eigenvalue weighted by molar-refractivity contribution is 0.257. The molecule has 2 fully saturated rings. The number of benzene rings is 1. The number of ether oxygens (including phenoxy) is 2. The van der Waals surface area contributed by atoms with E-state index in [2.05, 4.69) is 0 Å². The molecule has 1 aromatic rings. The van der Waals surface area contributed by atoms with Crippen LogP contribution in [0.4, 0.5) is 14.5 Å². The maximum absolute atomic E-state index is 14.1. The molecule has 20 heavy (non-hydrogen) atoms. The van der Waals surface area contributed by atoms with E-state index in [9.17, 15) is 8.78 Å². The molecule has 0 N–H and O–H groups in total. The molecule has 3 nitrogen and oxygen atoms in total. The van der Waals surface area contributed by atoms with Crippen molar-refractivity contribution in [3.05, 3.63) is 23.0 Å². The predicted octanol–water partition coefficient (Wildman–Crippen LogP) is 3.20. The molecule has 0 bridgehead atoms. The van der Waals surface area contributed by atoms with Crippen LogP contribution in [-0.4, -0.2) is 38.6 Å². The Morgan fingerprint density at radius 2 is 2.05 bits per heavy atom. The quantitative estimate of drug-likeness (QED) is 0.799. The zero-order valence-corrected chi connectivity index (χ0v) is 11.8. The summed E-state index contributed by atoms with van der Waals surface area (Å²) in [6.07, 6.45) is 1.80. The van der Waals surface area contributed by atoms with Crippen LogP contribution in [0.3, 0.4) is 0 Å². The molecule has 2 aliphatic heterocycles. The zero-order chi connectivity index (χ0) is 14.2. The number of hydrogen-bond acceptors (Lipinski definition) is 3. The number of rotatable bonds is 4. The summed E-state index contributed by atoms with van der Waals surface area (Å²) >= 11 is 5.91. The van der Waals surface area contributed by atoms with Crippen molar-refractivity contribution in [3.63, 3.8) is 0 Å². The van der Waals surface area contributed by atoms with Crippen LogP contribution in [0.2, 0.25) is 5.02 Å². The van der Waals surface area contributed by atoms with Gasteiger partial charge in [-0.2, -0.15) is 0 Å². The molecule has 0 aliphatic carbocycles. The summed E-state index contributed by atoms with van der Waals surface area (Å²) in [6.45, 7) is 1.60. The van der Waals surface area contributed by atoms with Crippen LogP contribution in [-0.2, 0) is 4.74 Å².